The quantitative estimate of drug-likeness (QED) is 0.622. The lowest BCUT2D eigenvalue weighted by Crippen LogP contribution is -2.24. The Morgan fingerprint density at radius 3 is 2.50 bits per heavy atom. The molecule has 0 aromatic heterocycles. The van der Waals surface area contributed by atoms with Gasteiger partial charge in [0.1, 0.15) is 6.10 Å². The van der Waals surface area contributed by atoms with Crippen LogP contribution in [-0.2, 0) is 20.3 Å². The molecule has 3 atom stereocenters. The third-order valence-electron chi connectivity index (χ3n) is 2.84. The summed E-state index contributed by atoms with van der Waals surface area (Å²) in [7, 11) is -1.02. The van der Waals surface area contributed by atoms with Gasteiger partial charge in [-0.3, -0.25) is 9.00 Å². The molecule has 0 aliphatic heterocycles. The first-order chi connectivity index (χ1) is 8.66. The summed E-state index contributed by atoms with van der Waals surface area (Å²) < 4.78 is 17.4. The van der Waals surface area contributed by atoms with Gasteiger partial charge in [0.25, 0.3) is 0 Å². The minimum Gasteiger partial charge on any atom is -0.458 e. The fraction of sp³-hybridized carbons (Fsp3) is 0.357. The van der Waals surface area contributed by atoms with Crippen molar-refractivity contribution in [3.63, 3.8) is 0 Å². The summed E-state index contributed by atoms with van der Waals surface area (Å²) in [5, 5.41) is 0.0132. The van der Waals surface area contributed by atoms with Gasteiger partial charge in [-0.25, -0.2) is 0 Å². The molecule has 2 rings (SSSR count). The second-order valence-corrected chi connectivity index (χ2v) is 5.93. The molecular formula is C14H16O3S. The average molecular weight is 264 g/mol. The molecule has 0 N–H and O–H groups in total. The third-order valence-corrected chi connectivity index (χ3v) is 4.52. The second-order valence-electron chi connectivity index (χ2n) is 4.26. The van der Waals surface area contributed by atoms with Gasteiger partial charge in [-0.2, -0.15) is 0 Å². The van der Waals surface area contributed by atoms with E-state index in [2.05, 4.69) is 0 Å². The predicted octanol–water partition coefficient (Wildman–Crippen LogP) is 2.44. The van der Waals surface area contributed by atoms with E-state index >= 15 is 0 Å². The van der Waals surface area contributed by atoms with Crippen LogP contribution < -0.4 is 0 Å². The van der Waals surface area contributed by atoms with Crippen molar-refractivity contribution in [1.29, 1.82) is 0 Å². The summed E-state index contributed by atoms with van der Waals surface area (Å²) >= 11 is 0. The molecule has 1 aromatic rings. The highest BCUT2D eigenvalue weighted by Gasteiger charge is 2.22. The Morgan fingerprint density at radius 2 is 1.94 bits per heavy atom. The second kappa shape index (κ2) is 5.96. The average Bonchev–Trinajstić information content (AvgIpc) is 2.39. The minimum atomic E-state index is -1.02. The molecule has 0 spiro atoms. The Morgan fingerprint density at radius 1 is 1.22 bits per heavy atom. The van der Waals surface area contributed by atoms with Crippen LogP contribution in [0.5, 0.6) is 0 Å². The minimum absolute atomic E-state index is 0.0132. The zero-order chi connectivity index (χ0) is 13.0. The first-order valence-corrected chi connectivity index (χ1v) is 7.19. The Bertz CT molecular complexity index is 467. The first-order valence-electron chi connectivity index (χ1n) is 5.98. The Hall–Kier alpha value is -1.42. The van der Waals surface area contributed by atoms with Gasteiger partial charge in [-0.05, 0) is 31.1 Å². The highest BCUT2D eigenvalue weighted by molar-refractivity contribution is 7.85. The Labute approximate surface area is 109 Å². The lowest BCUT2D eigenvalue weighted by atomic mass is 10.1. The van der Waals surface area contributed by atoms with E-state index in [0.29, 0.717) is 0 Å². The van der Waals surface area contributed by atoms with Crippen LogP contribution >= 0.6 is 0 Å². The molecular weight excluding hydrogens is 248 g/mol. The van der Waals surface area contributed by atoms with Gasteiger partial charge in [0.2, 0.25) is 0 Å². The molecule has 3 nitrogen and oxygen atoms in total. The molecule has 1 aliphatic rings. The molecule has 1 unspecified atom stereocenters. The van der Waals surface area contributed by atoms with Crippen molar-refractivity contribution in [1.82, 2.24) is 0 Å². The maximum absolute atomic E-state index is 12.3. The van der Waals surface area contributed by atoms with Crippen LogP contribution in [-0.4, -0.2) is 21.5 Å². The monoisotopic (exact) mass is 264 g/mol. The number of hydrogen-bond donors (Lipinski definition) is 0. The summed E-state index contributed by atoms with van der Waals surface area (Å²) in [5.41, 5.74) is 0. The van der Waals surface area contributed by atoms with Crippen molar-refractivity contribution in [2.75, 3.05) is 0 Å². The standard InChI is InChI=1S/C14H16O3S/c1-11(15)17-12-7-9-14(10-8-12)18(16)13-5-3-2-4-6-13/h2-7,9,12,14H,8,10H2,1H3/t12-,14-,18?/m1/s1. The summed E-state index contributed by atoms with van der Waals surface area (Å²) in [5.74, 6) is -0.271. The molecule has 0 radical (unpaired) electrons. The fourth-order valence-electron chi connectivity index (χ4n) is 1.99. The van der Waals surface area contributed by atoms with Crippen molar-refractivity contribution in [3.05, 3.63) is 42.5 Å². The van der Waals surface area contributed by atoms with Crippen molar-refractivity contribution < 1.29 is 13.7 Å². The van der Waals surface area contributed by atoms with Gasteiger partial charge in [0, 0.05) is 11.8 Å². The molecule has 1 aromatic carbocycles. The molecule has 0 bridgehead atoms. The summed E-state index contributed by atoms with van der Waals surface area (Å²) in [4.78, 5) is 11.7. The highest BCUT2D eigenvalue weighted by Crippen LogP contribution is 2.22. The lowest BCUT2D eigenvalue weighted by molar-refractivity contribution is -0.144. The van der Waals surface area contributed by atoms with Gasteiger partial charge in [-0.15, -0.1) is 0 Å². The van der Waals surface area contributed by atoms with Gasteiger partial charge < -0.3 is 4.74 Å². The number of carbonyl (C=O) groups excluding carboxylic acids is 1. The van der Waals surface area contributed by atoms with Crippen LogP contribution in [0.2, 0.25) is 0 Å². The number of benzene rings is 1. The van der Waals surface area contributed by atoms with E-state index in [-0.39, 0.29) is 17.3 Å². The summed E-state index contributed by atoms with van der Waals surface area (Å²) in [6.07, 6.45) is 5.10. The topological polar surface area (TPSA) is 43.4 Å². The Balaban J connectivity index is 2.01. The largest absolute Gasteiger partial charge is 0.458 e. The van der Waals surface area contributed by atoms with Crippen LogP contribution in [0, 0.1) is 0 Å². The predicted molar refractivity (Wildman–Crippen MR) is 70.6 cm³/mol. The molecule has 0 fully saturated rings. The van der Waals surface area contributed by atoms with Crippen molar-refractivity contribution in [2.45, 2.75) is 36.0 Å². The molecule has 0 amide bonds. The SMILES string of the molecule is CC(=O)O[C@@H]1C=C[C@@H](S(=O)c2ccccc2)CC1. The zero-order valence-electron chi connectivity index (χ0n) is 10.2. The fourth-order valence-corrected chi connectivity index (χ4v) is 3.35. The van der Waals surface area contributed by atoms with Gasteiger partial charge in [0.05, 0.1) is 16.0 Å². The van der Waals surface area contributed by atoms with E-state index < -0.39 is 10.8 Å². The van der Waals surface area contributed by atoms with Crippen molar-refractivity contribution >= 4 is 16.8 Å². The first kappa shape index (κ1) is 13.0. The zero-order valence-corrected chi connectivity index (χ0v) is 11.1. The molecule has 0 saturated heterocycles. The van der Waals surface area contributed by atoms with E-state index in [1.165, 1.54) is 6.92 Å². The van der Waals surface area contributed by atoms with Crippen LogP contribution in [0.25, 0.3) is 0 Å². The molecule has 96 valence electrons. The number of rotatable bonds is 3. The maximum Gasteiger partial charge on any atom is 0.303 e. The lowest BCUT2D eigenvalue weighted by Gasteiger charge is -2.22. The van der Waals surface area contributed by atoms with Crippen LogP contribution in [0.4, 0.5) is 0 Å². The van der Waals surface area contributed by atoms with Crippen molar-refractivity contribution in [3.8, 4) is 0 Å². The van der Waals surface area contributed by atoms with E-state index in [1.54, 1.807) is 0 Å². The van der Waals surface area contributed by atoms with E-state index in [4.69, 9.17) is 4.74 Å². The molecule has 0 heterocycles. The number of ether oxygens (including phenoxy) is 1. The molecule has 4 heteroatoms. The molecule has 1 aliphatic carbocycles. The van der Waals surface area contributed by atoms with E-state index in [9.17, 15) is 9.00 Å². The smallest absolute Gasteiger partial charge is 0.303 e. The van der Waals surface area contributed by atoms with E-state index in [0.717, 1.165) is 17.7 Å². The van der Waals surface area contributed by atoms with Crippen LogP contribution in [0.1, 0.15) is 19.8 Å². The number of carbonyl (C=O) groups is 1. The van der Waals surface area contributed by atoms with Crippen molar-refractivity contribution in [2.24, 2.45) is 0 Å². The Kier molecular flexibility index (Phi) is 4.31. The number of esters is 1. The van der Waals surface area contributed by atoms with Gasteiger partial charge in [-0.1, -0.05) is 24.3 Å². The highest BCUT2D eigenvalue weighted by atomic mass is 32.2. The normalized spacial score (nSPS) is 24.5. The van der Waals surface area contributed by atoms with Gasteiger partial charge in [0.15, 0.2) is 0 Å². The van der Waals surface area contributed by atoms with E-state index in [1.807, 2.05) is 42.5 Å². The van der Waals surface area contributed by atoms with Crippen LogP contribution in [0.15, 0.2) is 47.4 Å². The van der Waals surface area contributed by atoms with Gasteiger partial charge >= 0.3 is 5.97 Å². The third kappa shape index (κ3) is 3.29. The van der Waals surface area contributed by atoms with Crippen LogP contribution in [0.3, 0.4) is 0 Å². The maximum atomic E-state index is 12.3. The summed E-state index contributed by atoms with van der Waals surface area (Å²) in [6.45, 7) is 1.40. The molecule has 18 heavy (non-hydrogen) atoms. The molecule has 0 saturated carbocycles. The summed E-state index contributed by atoms with van der Waals surface area (Å²) in [6, 6.07) is 9.45. The number of hydrogen-bond acceptors (Lipinski definition) is 3.